The molecular formula is C20H20ClN3O. The molecule has 0 saturated carbocycles. The number of carbonyl (C=O) groups excluding carboxylic acids is 1. The fraction of sp³-hybridized carbons (Fsp3) is 0.250. The summed E-state index contributed by atoms with van der Waals surface area (Å²) in [6.07, 6.45) is 4.08. The van der Waals surface area contributed by atoms with Gasteiger partial charge in [-0.1, -0.05) is 35.9 Å². The van der Waals surface area contributed by atoms with Gasteiger partial charge in [0, 0.05) is 40.9 Å². The number of urea groups is 1. The van der Waals surface area contributed by atoms with Crippen molar-refractivity contribution in [1.82, 2.24) is 9.88 Å². The normalized spacial score (nSPS) is 15.5. The van der Waals surface area contributed by atoms with E-state index in [9.17, 15) is 4.79 Å². The van der Waals surface area contributed by atoms with E-state index in [-0.39, 0.29) is 6.03 Å². The quantitative estimate of drug-likeness (QED) is 0.650. The van der Waals surface area contributed by atoms with Crippen molar-refractivity contribution in [2.45, 2.75) is 18.8 Å². The monoisotopic (exact) mass is 353 g/mol. The smallest absolute Gasteiger partial charge is 0.321 e. The molecule has 0 bridgehead atoms. The zero-order chi connectivity index (χ0) is 17.2. The Bertz CT molecular complexity index is 897. The molecule has 128 valence electrons. The third-order valence-corrected chi connectivity index (χ3v) is 5.15. The lowest BCUT2D eigenvalue weighted by Gasteiger charge is -2.32. The van der Waals surface area contributed by atoms with Crippen molar-refractivity contribution in [3.8, 4) is 0 Å². The highest BCUT2D eigenvalue weighted by Gasteiger charge is 2.25. The standard InChI is InChI=1S/C20H20ClN3O/c21-15-4-3-5-16(12-15)23-20(25)24-10-8-14(9-11-24)18-13-22-19-7-2-1-6-17(18)19/h1-7,12-14,22H,8-11H2,(H,23,25). The van der Waals surface area contributed by atoms with Crippen LogP contribution in [0.4, 0.5) is 10.5 Å². The lowest BCUT2D eigenvalue weighted by molar-refractivity contribution is 0.195. The summed E-state index contributed by atoms with van der Waals surface area (Å²) in [5, 5.41) is 4.84. The molecule has 0 unspecified atom stereocenters. The van der Waals surface area contributed by atoms with Crippen molar-refractivity contribution in [3.05, 3.63) is 65.3 Å². The van der Waals surface area contributed by atoms with Crippen LogP contribution in [0.2, 0.25) is 5.02 Å². The third-order valence-electron chi connectivity index (χ3n) is 4.92. The van der Waals surface area contributed by atoms with E-state index in [1.807, 2.05) is 23.1 Å². The SMILES string of the molecule is O=C(Nc1cccc(Cl)c1)N1CCC(c2c[nH]c3ccccc23)CC1. The van der Waals surface area contributed by atoms with Crippen molar-refractivity contribution in [3.63, 3.8) is 0 Å². The number of para-hydroxylation sites is 1. The number of hydrogen-bond acceptors (Lipinski definition) is 1. The molecule has 3 aromatic rings. The highest BCUT2D eigenvalue weighted by Crippen LogP contribution is 2.33. The Balaban J connectivity index is 1.40. The minimum absolute atomic E-state index is 0.0559. The summed E-state index contributed by atoms with van der Waals surface area (Å²) in [5.74, 6) is 0.492. The summed E-state index contributed by atoms with van der Waals surface area (Å²) in [4.78, 5) is 17.7. The van der Waals surface area contributed by atoms with Crippen LogP contribution in [0.25, 0.3) is 10.9 Å². The molecule has 0 spiro atoms. The van der Waals surface area contributed by atoms with Crippen LogP contribution in [-0.2, 0) is 0 Å². The van der Waals surface area contributed by atoms with E-state index < -0.39 is 0 Å². The zero-order valence-electron chi connectivity index (χ0n) is 13.8. The molecule has 1 saturated heterocycles. The van der Waals surface area contributed by atoms with Crippen LogP contribution in [0, 0.1) is 0 Å². The molecule has 5 heteroatoms. The lowest BCUT2D eigenvalue weighted by Crippen LogP contribution is -2.40. The fourth-order valence-corrected chi connectivity index (χ4v) is 3.78. The topological polar surface area (TPSA) is 48.1 Å². The number of nitrogens with one attached hydrogen (secondary N) is 2. The molecule has 4 rings (SSSR count). The first-order chi connectivity index (χ1) is 12.2. The maximum atomic E-state index is 12.4. The summed E-state index contributed by atoms with van der Waals surface area (Å²) >= 11 is 5.97. The number of benzene rings is 2. The highest BCUT2D eigenvalue weighted by atomic mass is 35.5. The van der Waals surface area contributed by atoms with Gasteiger partial charge in [0.25, 0.3) is 0 Å². The van der Waals surface area contributed by atoms with Gasteiger partial charge in [-0.2, -0.15) is 0 Å². The molecule has 2 aromatic carbocycles. The molecule has 0 atom stereocenters. The van der Waals surface area contributed by atoms with Gasteiger partial charge in [0.15, 0.2) is 0 Å². The molecular weight excluding hydrogens is 334 g/mol. The van der Waals surface area contributed by atoms with Crippen LogP contribution in [0.1, 0.15) is 24.3 Å². The van der Waals surface area contributed by atoms with Crippen molar-refractivity contribution in [2.75, 3.05) is 18.4 Å². The number of fused-ring (bicyclic) bond motifs is 1. The van der Waals surface area contributed by atoms with Crippen LogP contribution in [-0.4, -0.2) is 29.0 Å². The van der Waals surface area contributed by atoms with Crippen LogP contribution in [0.5, 0.6) is 0 Å². The van der Waals surface area contributed by atoms with Crippen LogP contribution >= 0.6 is 11.6 Å². The van der Waals surface area contributed by atoms with E-state index >= 15 is 0 Å². The number of aromatic amines is 1. The second-order valence-corrected chi connectivity index (χ2v) is 6.93. The predicted molar refractivity (Wildman–Crippen MR) is 102 cm³/mol. The summed E-state index contributed by atoms with van der Waals surface area (Å²) in [5.41, 5.74) is 3.28. The minimum Gasteiger partial charge on any atom is -0.361 e. The minimum atomic E-state index is -0.0559. The second kappa shape index (κ2) is 6.81. The van der Waals surface area contributed by atoms with Crippen LogP contribution < -0.4 is 5.32 Å². The number of aromatic nitrogens is 1. The first-order valence-corrected chi connectivity index (χ1v) is 8.96. The zero-order valence-corrected chi connectivity index (χ0v) is 14.6. The van der Waals surface area contributed by atoms with Gasteiger partial charge < -0.3 is 15.2 Å². The fourth-order valence-electron chi connectivity index (χ4n) is 3.59. The molecule has 2 heterocycles. The number of likely N-dealkylation sites (tertiary alicyclic amines) is 1. The number of nitrogens with zero attached hydrogens (tertiary/aromatic N) is 1. The van der Waals surface area contributed by atoms with Crippen molar-refractivity contribution < 1.29 is 4.79 Å². The number of rotatable bonds is 2. The number of hydrogen-bond donors (Lipinski definition) is 2. The van der Waals surface area contributed by atoms with Gasteiger partial charge in [0.1, 0.15) is 0 Å². The van der Waals surface area contributed by atoms with E-state index in [0.717, 1.165) is 31.6 Å². The van der Waals surface area contributed by atoms with E-state index in [0.29, 0.717) is 10.9 Å². The Morgan fingerprint density at radius 1 is 1.12 bits per heavy atom. The lowest BCUT2D eigenvalue weighted by atomic mass is 9.89. The van der Waals surface area contributed by atoms with E-state index in [4.69, 9.17) is 11.6 Å². The molecule has 0 aliphatic carbocycles. The number of anilines is 1. The van der Waals surface area contributed by atoms with E-state index in [2.05, 4.69) is 34.7 Å². The average Bonchev–Trinajstić information content (AvgIpc) is 3.06. The molecule has 4 nitrogen and oxygen atoms in total. The van der Waals surface area contributed by atoms with Crippen LogP contribution in [0.3, 0.4) is 0 Å². The molecule has 25 heavy (non-hydrogen) atoms. The number of piperidine rings is 1. The second-order valence-electron chi connectivity index (χ2n) is 6.49. The molecule has 1 aliphatic heterocycles. The largest absolute Gasteiger partial charge is 0.361 e. The summed E-state index contributed by atoms with van der Waals surface area (Å²) in [6, 6.07) is 15.6. The summed E-state index contributed by atoms with van der Waals surface area (Å²) in [7, 11) is 0. The van der Waals surface area contributed by atoms with Crippen LogP contribution in [0.15, 0.2) is 54.7 Å². The molecule has 1 aromatic heterocycles. The maximum absolute atomic E-state index is 12.4. The van der Waals surface area contributed by atoms with Gasteiger partial charge in [-0.25, -0.2) is 4.79 Å². The number of H-pyrrole nitrogens is 1. The third kappa shape index (κ3) is 3.35. The summed E-state index contributed by atoms with van der Waals surface area (Å²) in [6.45, 7) is 1.52. The average molecular weight is 354 g/mol. The Morgan fingerprint density at radius 3 is 2.72 bits per heavy atom. The van der Waals surface area contributed by atoms with Crippen molar-refractivity contribution in [1.29, 1.82) is 0 Å². The van der Waals surface area contributed by atoms with Gasteiger partial charge in [-0.15, -0.1) is 0 Å². The number of amides is 2. The van der Waals surface area contributed by atoms with Crippen molar-refractivity contribution in [2.24, 2.45) is 0 Å². The first-order valence-electron chi connectivity index (χ1n) is 8.58. The van der Waals surface area contributed by atoms with Gasteiger partial charge in [-0.05, 0) is 48.6 Å². The number of halogens is 1. The Morgan fingerprint density at radius 2 is 1.92 bits per heavy atom. The van der Waals surface area contributed by atoms with E-state index in [1.165, 1.54) is 16.5 Å². The summed E-state index contributed by atoms with van der Waals surface area (Å²) < 4.78 is 0. The van der Waals surface area contributed by atoms with Gasteiger partial charge >= 0.3 is 6.03 Å². The van der Waals surface area contributed by atoms with E-state index in [1.54, 1.807) is 12.1 Å². The highest BCUT2D eigenvalue weighted by molar-refractivity contribution is 6.30. The van der Waals surface area contributed by atoms with Gasteiger partial charge in [-0.3, -0.25) is 0 Å². The first kappa shape index (κ1) is 16.0. The molecule has 2 amide bonds. The number of carbonyl (C=O) groups is 1. The van der Waals surface area contributed by atoms with Crippen molar-refractivity contribution >= 4 is 34.2 Å². The van der Waals surface area contributed by atoms with Gasteiger partial charge in [0.2, 0.25) is 0 Å². The molecule has 2 N–H and O–H groups in total. The molecule has 1 fully saturated rings. The molecule has 0 radical (unpaired) electrons. The maximum Gasteiger partial charge on any atom is 0.321 e. The predicted octanol–water partition coefficient (Wildman–Crippen LogP) is 5.23. The Labute approximate surface area is 151 Å². The van der Waals surface area contributed by atoms with Gasteiger partial charge in [0.05, 0.1) is 0 Å². The Kier molecular flexibility index (Phi) is 4.36. The Hall–Kier alpha value is -2.46. The molecule has 1 aliphatic rings.